The Hall–Kier alpha value is -1.94. The molecule has 0 aliphatic carbocycles. The zero-order valence-corrected chi connectivity index (χ0v) is 10.2. The Morgan fingerprint density at radius 2 is 2.06 bits per heavy atom. The van der Waals surface area contributed by atoms with Crippen LogP contribution in [0.2, 0.25) is 0 Å². The Kier molecular flexibility index (Phi) is 4.25. The molecule has 2 rings (SSSR count). The Bertz CT molecular complexity index is 502. The highest BCUT2D eigenvalue weighted by Crippen LogP contribution is 2.18. The zero-order valence-electron chi connectivity index (χ0n) is 10.2. The van der Waals surface area contributed by atoms with Crippen LogP contribution in [-0.4, -0.2) is 12.1 Å². The number of nitrogens with one attached hydrogen (secondary N) is 1. The molecule has 18 heavy (non-hydrogen) atoms. The third-order valence-corrected chi connectivity index (χ3v) is 2.60. The molecule has 2 aromatic rings. The van der Waals surface area contributed by atoms with E-state index in [1.54, 1.807) is 18.3 Å². The van der Waals surface area contributed by atoms with E-state index in [0.29, 0.717) is 6.54 Å². The molecule has 0 atom stereocenters. The van der Waals surface area contributed by atoms with Gasteiger partial charge in [0, 0.05) is 25.5 Å². The molecule has 0 fully saturated rings. The molecule has 0 unspecified atom stereocenters. The number of halogens is 1. The lowest BCUT2D eigenvalue weighted by Gasteiger charge is -2.07. The van der Waals surface area contributed by atoms with Gasteiger partial charge in [-0.2, -0.15) is 0 Å². The maximum absolute atomic E-state index is 13.2. The summed E-state index contributed by atoms with van der Waals surface area (Å²) in [5.74, 6) is -0.0656. The van der Waals surface area contributed by atoms with Gasteiger partial charge in [0.25, 0.3) is 0 Å². The van der Waals surface area contributed by atoms with Crippen molar-refractivity contribution in [3.05, 3.63) is 59.7 Å². The summed E-state index contributed by atoms with van der Waals surface area (Å²) in [5.41, 5.74) is 2.10. The first kappa shape index (κ1) is 12.5. The first-order chi connectivity index (χ1) is 8.79. The number of hydrogen-bond donors (Lipinski definition) is 1. The summed E-state index contributed by atoms with van der Waals surface area (Å²) in [6, 6.07) is 8.77. The fourth-order valence-corrected chi connectivity index (χ4v) is 1.67. The average molecular weight is 246 g/mol. The van der Waals surface area contributed by atoms with Gasteiger partial charge in [-0.3, -0.25) is 4.98 Å². The van der Waals surface area contributed by atoms with Gasteiger partial charge in [0.05, 0.1) is 7.11 Å². The summed E-state index contributed by atoms with van der Waals surface area (Å²) in [4.78, 5) is 4.04. The summed E-state index contributed by atoms with van der Waals surface area (Å²) >= 11 is 0. The smallest absolute Gasteiger partial charge is 0.165 e. The van der Waals surface area contributed by atoms with Gasteiger partial charge in [0.1, 0.15) is 0 Å². The molecule has 0 saturated carbocycles. The molecule has 94 valence electrons. The van der Waals surface area contributed by atoms with Crippen molar-refractivity contribution in [3.8, 4) is 5.75 Å². The quantitative estimate of drug-likeness (QED) is 0.880. The standard InChI is InChI=1S/C14H15FN2O/c1-18-14-7-11(4-5-13(14)15)8-17-10-12-3-2-6-16-9-12/h2-7,9,17H,8,10H2,1H3. The summed E-state index contributed by atoms with van der Waals surface area (Å²) < 4.78 is 18.1. The fourth-order valence-electron chi connectivity index (χ4n) is 1.67. The van der Waals surface area contributed by atoms with E-state index in [4.69, 9.17) is 4.74 Å². The van der Waals surface area contributed by atoms with Crippen molar-refractivity contribution in [2.75, 3.05) is 7.11 Å². The van der Waals surface area contributed by atoms with Crippen molar-refractivity contribution in [1.82, 2.24) is 10.3 Å². The van der Waals surface area contributed by atoms with Crippen molar-refractivity contribution >= 4 is 0 Å². The molecular formula is C14H15FN2O. The molecule has 0 aliphatic rings. The third kappa shape index (κ3) is 3.28. The Labute approximate surface area is 106 Å². The second kappa shape index (κ2) is 6.12. The number of benzene rings is 1. The van der Waals surface area contributed by atoms with Crippen molar-refractivity contribution < 1.29 is 9.13 Å². The third-order valence-electron chi connectivity index (χ3n) is 2.60. The predicted octanol–water partition coefficient (Wildman–Crippen LogP) is 2.52. The molecule has 0 saturated heterocycles. The molecule has 1 aromatic carbocycles. The number of rotatable bonds is 5. The lowest BCUT2D eigenvalue weighted by atomic mass is 10.2. The molecule has 1 heterocycles. The molecule has 0 spiro atoms. The fraction of sp³-hybridized carbons (Fsp3) is 0.214. The largest absolute Gasteiger partial charge is 0.494 e. The maximum Gasteiger partial charge on any atom is 0.165 e. The van der Waals surface area contributed by atoms with Gasteiger partial charge < -0.3 is 10.1 Å². The molecule has 4 heteroatoms. The highest BCUT2D eigenvalue weighted by molar-refractivity contribution is 5.30. The molecule has 1 N–H and O–H groups in total. The number of nitrogens with zero attached hydrogens (tertiary/aromatic N) is 1. The van der Waals surface area contributed by atoms with E-state index in [0.717, 1.165) is 17.7 Å². The summed E-state index contributed by atoms with van der Waals surface area (Å²) in [6.45, 7) is 1.39. The topological polar surface area (TPSA) is 34.1 Å². The average Bonchev–Trinajstić information content (AvgIpc) is 2.42. The summed E-state index contributed by atoms with van der Waals surface area (Å²) in [7, 11) is 1.46. The molecule has 0 bridgehead atoms. The van der Waals surface area contributed by atoms with Gasteiger partial charge in [0.15, 0.2) is 11.6 Å². The number of hydrogen-bond acceptors (Lipinski definition) is 3. The van der Waals surface area contributed by atoms with Crippen molar-refractivity contribution in [1.29, 1.82) is 0 Å². The molecular weight excluding hydrogens is 231 g/mol. The van der Waals surface area contributed by atoms with Gasteiger partial charge in [-0.15, -0.1) is 0 Å². The lowest BCUT2D eigenvalue weighted by Crippen LogP contribution is -2.12. The van der Waals surface area contributed by atoms with E-state index in [1.807, 2.05) is 18.3 Å². The minimum Gasteiger partial charge on any atom is -0.494 e. The number of ether oxygens (including phenoxy) is 1. The number of aromatic nitrogens is 1. The minimum atomic E-state index is -0.339. The van der Waals surface area contributed by atoms with Gasteiger partial charge in [-0.1, -0.05) is 12.1 Å². The van der Waals surface area contributed by atoms with Gasteiger partial charge in [-0.25, -0.2) is 4.39 Å². The van der Waals surface area contributed by atoms with Crippen LogP contribution in [0.25, 0.3) is 0 Å². The van der Waals surface area contributed by atoms with Crippen molar-refractivity contribution in [2.45, 2.75) is 13.1 Å². The lowest BCUT2D eigenvalue weighted by molar-refractivity contribution is 0.385. The number of methoxy groups -OCH3 is 1. The molecule has 0 aliphatic heterocycles. The number of pyridine rings is 1. The van der Waals surface area contributed by atoms with Gasteiger partial charge in [-0.05, 0) is 29.3 Å². The first-order valence-electron chi connectivity index (χ1n) is 5.71. The van der Waals surface area contributed by atoms with E-state index >= 15 is 0 Å². The van der Waals surface area contributed by atoms with Crippen LogP contribution < -0.4 is 10.1 Å². The van der Waals surface area contributed by atoms with Crippen LogP contribution in [0.3, 0.4) is 0 Å². The van der Waals surface area contributed by atoms with Gasteiger partial charge >= 0.3 is 0 Å². The summed E-state index contributed by atoms with van der Waals surface area (Å²) in [6.07, 6.45) is 3.56. The van der Waals surface area contributed by atoms with Gasteiger partial charge in [0.2, 0.25) is 0 Å². The zero-order chi connectivity index (χ0) is 12.8. The van der Waals surface area contributed by atoms with Crippen LogP contribution in [0.5, 0.6) is 5.75 Å². The van der Waals surface area contributed by atoms with Crippen LogP contribution in [0.4, 0.5) is 4.39 Å². The highest BCUT2D eigenvalue weighted by atomic mass is 19.1. The van der Waals surface area contributed by atoms with E-state index in [-0.39, 0.29) is 11.6 Å². The molecule has 0 amide bonds. The maximum atomic E-state index is 13.2. The molecule has 3 nitrogen and oxygen atoms in total. The monoisotopic (exact) mass is 246 g/mol. The highest BCUT2D eigenvalue weighted by Gasteiger charge is 2.03. The van der Waals surface area contributed by atoms with Crippen LogP contribution in [-0.2, 0) is 13.1 Å². The van der Waals surface area contributed by atoms with E-state index in [2.05, 4.69) is 10.3 Å². The van der Waals surface area contributed by atoms with E-state index in [9.17, 15) is 4.39 Å². The van der Waals surface area contributed by atoms with E-state index < -0.39 is 0 Å². The second-order valence-corrected chi connectivity index (χ2v) is 3.93. The first-order valence-corrected chi connectivity index (χ1v) is 5.71. The Morgan fingerprint density at radius 1 is 1.22 bits per heavy atom. The predicted molar refractivity (Wildman–Crippen MR) is 67.7 cm³/mol. The second-order valence-electron chi connectivity index (χ2n) is 3.93. The minimum absolute atomic E-state index is 0.274. The van der Waals surface area contributed by atoms with E-state index in [1.165, 1.54) is 13.2 Å². The van der Waals surface area contributed by atoms with Crippen LogP contribution >= 0.6 is 0 Å². The van der Waals surface area contributed by atoms with Crippen LogP contribution in [0.15, 0.2) is 42.7 Å². The van der Waals surface area contributed by atoms with Crippen LogP contribution in [0, 0.1) is 5.82 Å². The van der Waals surface area contributed by atoms with Crippen molar-refractivity contribution in [3.63, 3.8) is 0 Å². The van der Waals surface area contributed by atoms with Crippen molar-refractivity contribution in [2.24, 2.45) is 0 Å². The summed E-state index contributed by atoms with van der Waals surface area (Å²) in [5, 5.41) is 3.27. The van der Waals surface area contributed by atoms with Crippen LogP contribution in [0.1, 0.15) is 11.1 Å². The molecule has 1 aromatic heterocycles. The Balaban J connectivity index is 1.91. The normalized spacial score (nSPS) is 10.3. The molecule has 0 radical (unpaired) electrons. The SMILES string of the molecule is COc1cc(CNCc2cccnc2)ccc1F. The Morgan fingerprint density at radius 3 is 2.78 bits per heavy atom.